The number of hydrogen-bond donors (Lipinski definition) is 1. The Bertz CT molecular complexity index is 917. The zero-order chi connectivity index (χ0) is 19.3. The number of benzene rings is 2. The third-order valence-electron chi connectivity index (χ3n) is 4.76. The van der Waals surface area contributed by atoms with Crippen molar-refractivity contribution in [2.45, 2.75) is 37.1 Å². The van der Waals surface area contributed by atoms with E-state index in [-0.39, 0.29) is 4.90 Å². The molecule has 1 aromatic heterocycles. The van der Waals surface area contributed by atoms with Crippen molar-refractivity contribution in [2.24, 2.45) is 0 Å². The van der Waals surface area contributed by atoms with Crippen LogP contribution in [0.25, 0.3) is 0 Å². The molecular weight excluding hydrogens is 356 g/mol. The van der Waals surface area contributed by atoms with Crippen LogP contribution in [0.15, 0.2) is 83.9 Å². The van der Waals surface area contributed by atoms with Crippen LogP contribution in [0.2, 0.25) is 0 Å². The van der Waals surface area contributed by atoms with Gasteiger partial charge in [0.2, 0.25) is 10.0 Å². The van der Waals surface area contributed by atoms with Gasteiger partial charge in [-0.25, -0.2) is 8.42 Å². The van der Waals surface area contributed by atoms with Crippen LogP contribution in [-0.2, 0) is 10.0 Å². The first-order valence-corrected chi connectivity index (χ1v) is 10.6. The van der Waals surface area contributed by atoms with Crippen LogP contribution in [0.1, 0.15) is 49.0 Å². The number of pyridine rings is 1. The molecule has 1 N–H and O–H groups in total. The Kier molecular flexibility index (Phi) is 6.04. The Balaban J connectivity index is 1.93. The number of nitrogens with zero attached hydrogens (tertiary/aromatic N) is 1. The van der Waals surface area contributed by atoms with Gasteiger partial charge in [0.1, 0.15) is 0 Å². The number of nitrogens with one attached hydrogen (secondary N) is 1. The molecule has 3 aromatic rings. The lowest BCUT2D eigenvalue weighted by Crippen LogP contribution is -2.30. The summed E-state index contributed by atoms with van der Waals surface area (Å²) < 4.78 is 28.8. The molecule has 140 valence electrons. The molecule has 2 aromatic carbocycles. The Morgan fingerprint density at radius 3 is 2.15 bits per heavy atom. The maximum atomic E-state index is 13.0. The Morgan fingerprint density at radius 2 is 1.56 bits per heavy atom. The highest BCUT2D eigenvalue weighted by atomic mass is 32.2. The predicted molar refractivity (Wildman–Crippen MR) is 108 cm³/mol. The predicted octanol–water partition coefficient (Wildman–Crippen LogP) is 4.66. The smallest absolute Gasteiger partial charge is 0.241 e. The maximum Gasteiger partial charge on any atom is 0.241 e. The third kappa shape index (κ3) is 4.62. The van der Waals surface area contributed by atoms with E-state index in [1.807, 2.05) is 60.7 Å². The maximum absolute atomic E-state index is 13.0. The molecule has 0 saturated heterocycles. The lowest BCUT2D eigenvalue weighted by molar-refractivity contribution is 0.570. The molecule has 0 spiro atoms. The van der Waals surface area contributed by atoms with E-state index in [0.29, 0.717) is 11.6 Å². The van der Waals surface area contributed by atoms with Crippen molar-refractivity contribution in [3.05, 3.63) is 95.8 Å². The van der Waals surface area contributed by atoms with Gasteiger partial charge in [-0.2, -0.15) is 4.72 Å². The molecule has 5 heteroatoms. The lowest BCUT2D eigenvalue weighted by Gasteiger charge is -2.19. The van der Waals surface area contributed by atoms with Crippen molar-refractivity contribution < 1.29 is 8.42 Å². The number of sulfonamides is 1. The number of hydrogen-bond acceptors (Lipinski definition) is 3. The molecule has 0 bridgehead atoms. The second-order valence-corrected chi connectivity index (χ2v) is 8.31. The van der Waals surface area contributed by atoms with Crippen molar-refractivity contribution in [3.8, 4) is 0 Å². The molecule has 2 atom stereocenters. The summed E-state index contributed by atoms with van der Waals surface area (Å²) in [6.07, 6.45) is 2.68. The molecule has 0 amide bonds. The number of aromatic nitrogens is 1. The fourth-order valence-electron chi connectivity index (χ4n) is 2.93. The molecule has 4 nitrogen and oxygen atoms in total. The van der Waals surface area contributed by atoms with Crippen LogP contribution in [0.3, 0.4) is 0 Å². The number of rotatable bonds is 7. The largest absolute Gasteiger partial charge is 0.259 e. The summed E-state index contributed by atoms with van der Waals surface area (Å²) in [5.41, 5.74) is 2.64. The van der Waals surface area contributed by atoms with E-state index < -0.39 is 16.1 Å². The van der Waals surface area contributed by atoms with Gasteiger partial charge in [-0.3, -0.25) is 4.98 Å². The van der Waals surface area contributed by atoms with Gasteiger partial charge in [-0.15, -0.1) is 0 Å². The van der Waals surface area contributed by atoms with Crippen molar-refractivity contribution >= 4 is 10.0 Å². The molecule has 0 radical (unpaired) electrons. The minimum atomic E-state index is -3.69. The minimum absolute atomic E-state index is 0.256. The summed E-state index contributed by atoms with van der Waals surface area (Å²) >= 11 is 0. The molecule has 3 rings (SSSR count). The van der Waals surface area contributed by atoms with Crippen molar-refractivity contribution in [2.75, 3.05) is 0 Å². The molecule has 0 aliphatic carbocycles. The van der Waals surface area contributed by atoms with E-state index >= 15 is 0 Å². The van der Waals surface area contributed by atoms with Crippen molar-refractivity contribution in [1.29, 1.82) is 0 Å². The lowest BCUT2D eigenvalue weighted by atomic mass is 9.99. The summed E-state index contributed by atoms with van der Waals surface area (Å²) in [5, 5.41) is 0. The molecular formula is C22H24N2O2S. The second kappa shape index (κ2) is 8.46. The summed E-state index contributed by atoms with van der Waals surface area (Å²) in [7, 11) is -3.69. The summed E-state index contributed by atoms with van der Waals surface area (Å²) in [6.45, 7) is 4.25. The van der Waals surface area contributed by atoms with E-state index in [9.17, 15) is 8.42 Å². The fraction of sp³-hybridized carbons (Fsp3) is 0.227. The van der Waals surface area contributed by atoms with Crippen LogP contribution >= 0.6 is 0 Å². The summed E-state index contributed by atoms with van der Waals surface area (Å²) in [6, 6.07) is 21.5. The fourth-order valence-corrected chi connectivity index (χ4v) is 4.12. The minimum Gasteiger partial charge on any atom is -0.259 e. The normalized spacial score (nSPS) is 13.9. The molecule has 0 unspecified atom stereocenters. The Morgan fingerprint density at radius 1 is 0.889 bits per heavy atom. The van der Waals surface area contributed by atoms with Gasteiger partial charge in [-0.05, 0) is 47.7 Å². The highest BCUT2D eigenvalue weighted by Gasteiger charge is 2.23. The average molecular weight is 381 g/mol. The van der Waals surface area contributed by atoms with Crippen LogP contribution in [0.5, 0.6) is 0 Å². The Hall–Kier alpha value is -2.50. The molecule has 0 aliphatic heterocycles. The standard InChI is InChI=1S/C22H24N2O2S/c1-3-17(2)18-12-14-20(15-13-18)27(25,26)24-22(19-9-5-4-6-10-19)21-11-7-8-16-23-21/h4-17,22,24H,3H2,1-2H3/t17-,22+/m0/s1. The monoisotopic (exact) mass is 380 g/mol. The molecule has 0 saturated carbocycles. The zero-order valence-corrected chi connectivity index (χ0v) is 16.4. The zero-order valence-electron chi connectivity index (χ0n) is 15.5. The van der Waals surface area contributed by atoms with Gasteiger partial charge in [0.05, 0.1) is 16.6 Å². The van der Waals surface area contributed by atoms with E-state index in [2.05, 4.69) is 23.6 Å². The van der Waals surface area contributed by atoms with E-state index in [1.54, 1.807) is 18.3 Å². The SMILES string of the molecule is CC[C@H](C)c1ccc(S(=O)(=O)N[C@H](c2ccccc2)c2ccccn2)cc1. The first-order chi connectivity index (χ1) is 13.0. The molecule has 1 heterocycles. The highest BCUT2D eigenvalue weighted by molar-refractivity contribution is 7.89. The second-order valence-electron chi connectivity index (χ2n) is 6.60. The van der Waals surface area contributed by atoms with Crippen LogP contribution in [0.4, 0.5) is 0 Å². The van der Waals surface area contributed by atoms with Gasteiger partial charge in [-0.1, -0.05) is 62.4 Å². The molecule has 0 fully saturated rings. The Labute approximate surface area is 161 Å². The summed E-state index contributed by atoms with van der Waals surface area (Å²) in [5.74, 6) is 0.403. The van der Waals surface area contributed by atoms with E-state index in [1.165, 1.54) is 0 Å². The van der Waals surface area contributed by atoms with Crippen molar-refractivity contribution in [3.63, 3.8) is 0 Å². The van der Waals surface area contributed by atoms with Gasteiger partial charge in [0.25, 0.3) is 0 Å². The highest BCUT2D eigenvalue weighted by Crippen LogP contribution is 2.24. The quantitative estimate of drug-likeness (QED) is 0.648. The average Bonchev–Trinajstić information content (AvgIpc) is 2.73. The molecule has 0 aliphatic rings. The van der Waals surface area contributed by atoms with Gasteiger partial charge in [0.15, 0.2) is 0 Å². The molecule has 27 heavy (non-hydrogen) atoms. The van der Waals surface area contributed by atoms with Crippen LogP contribution in [-0.4, -0.2) is 13.4 Å². The topological polar surface area (TPSA) is 59.1 Å². The van der Waals surface area contributed by atoms with Gasteiger partial charge < -0.3 is 0 Å². The van der Waals surface area contributed by atoms with Gasteiger partial charge >= 0.3 is 0 Å². The van der Waals surface area contributed by atoms with E-state index in [4.69, 9.17) is 0 Å². The summed E-state index contributed by atoms with van der Waals surface area (Å²) in [4.78, 5) is 4.61. The third-order valence-corrected chi connectivity index (χ3v) is 6.20. The van der Waals surface area contributed by atoms with Crippen LogP contribution in [0, 0.1) is 0 Å². The first kappa shape index (κ1) is 19.3. The van der Waals surface area contributed by atoms with E-state index in [0.717, 1.165) is 17.5 Å². The van der Waals surface area contributed by atoms with Crippen molar-refractivity contribution in [1.82, 2.24) is 9.71 Å². The van der Waals surface area contributed by atoms with Gasteiger partial charge in [0, 0.05) is 6.20 Å². The first-order valence-electron chi connectivity index (χ1n) is 9.09. The van der Waals surface area contributed by atoms with Crippen LogP contribution < -0.4 is 4.72 Å².